The van der Waals surface area contributed by atoms with E-state index in [1.165, 1.54) is 0 Å². The Kier molecular flexibility index (Phi) is 3.78. The van der Waals surface area contributed by atoms with Crippen molar-refractivity contribution in [3.63, 3.8) is 0 Å². The molecular weight excluding hydrogens is 414 g/mol. The van der Waals surface area contributed by atoms with E-state index in [0.717, 1.165) is 16.7 Å². The molecule has 152 valence electrons. The zero-order valence-electron chi connectivity index (χ0n) is 16.4. The first-order valence-corrected chi connectivity index (χ1v) is 10.6. The van der Waals surface area contributed by atoms with Gasteiger partial charge in [-0.3, -0.25) is 0 Å². The maximum Gasteiger partial charge on any atom is 0.346 e. The zero-order chi connectivity index (χ0) is 21.2. The molecule has 4 aromatic rings. The molecule has 6 nitrogen and oxygen atoms in total. The summed E-state index contributed by atoms with van der Waals surface area (Å²) in [5.74, 6) is -0.0458. The van der Waals surface area contributed by atoms with Crippen LogP contribution in [0, 0.1) is 11.3 Å². The minimum atomic E-state index is -1.10. The maximum atomic E-state index is 13.1. The molecule has 0 saturated heterocycles. The van der Waals surface area contributed by atoms with Gasteiger partial charge in [0.05, 0.1) is 24.1 Å². The van der Waals surface area contributed by atoms with E-state index < -0.39 is 17.5 Å². The second-order valence-corrected chi connectivity index (χ2v) is 8.34. The molecule has 31 heavy (non-hydrogen) atoms. The summed E-state index contributed by atoms with van der Waals surface area (Å²) in [6.45, 7) is 0. The lowest BCUT2D eigenvalue weighted by Crippen LogP contribution is -2.47. The van der Waals surface area contributed by atoms with Crippen LogP contribution in [0.2, 0.25) is 0 Å². The largest absolute Gasteiger partial charge is 0.497 e. The van der Waals surface area contributed by atoms with Gasteiger partial charge in [-0.05, 0) is 46.8 Å². The van der Waals surface area contributed by atoms with Crippen LogP contribution in [0.15, 0.2) is 62.4 Å². The summed E-state index contributed by atoms with van der Waals surface area (Å²) >= 11 is 1.55. The summed E-state index contributed by atoms with van der Waals surface area (Å²) in [6, 6.07) is 14.9. The summed E-state index contributed by atoms with van der Waals surface area (Å²) in [7, 11) is 1.56. The Morgan fingerprint density at radius 3 is 2.90 bits per heavy atom. The molecule has 2 aromatic carbocycles. The predicted molar refractivity (Wildman–Crippen MR) is 113 cm³/mol. The topological polar surface area (TPSA) is 81.7 Å². The molecule has 0 fully saturated rings. The molecule has 2 aliphatic rings. The van der Waals surface area contributed by atoms with Crippen molar-refractivity contribution in [3.05, 3.63) is 91.5 Å². The van der Waals surface area contributed by atoms with Gasteiger partial charge in [-0.15, -0.1) is 0 Å². The number of ether oxygens (including phenoxy) is 3. The highest BCUT2D eigenvalue weighted by molar-refractivity contribution is 7.08. The summed E-state index contributed by atoms with van der Waals surface area (Å²) in [4.78, 5) is 13.1. The molecule has 0 aliphatic carbocycles. The third-order valence-electron chi connectivity index (χ3n) is 5.88. The van der Waals surface area contributed by atoms with Gasteiger partial charge in [0.1, 0.15) is 28.7 Å². The van der Waals surface area contributed by atoms with E-state index in [1.54, 1.807) is 30.6 Å². The van der Waals surface area contributed by atoms with Crippen molar-refractivity contribution in [2.24, 2.45) is 0 Å². The van der Waals surface area contributed by atoms with E-state index in [-0.39, 0.29) is 0 Å². The summed E-state index contributed by atoms with van der Waals surface area (Å²) in [5, 5.41) is 14.0. The van der Waals surface area contributed by atoms with E-state index >= 15 is 0 Å². The van der Waals surface area contributed by atoms with Crippen LogP contribution in [0.5, 0.6) is 11.5 Å². The van der Waals surface area contributed by atoms with Gasteiger partial charge in [0.25, 0.3) is 0 Å². The number of nitriles is 1. The van der Waals surface area contributed by atoms with Crippen LogP contribution in [0.1, 0.15) is 33.9 Å². The molecule has 0 unspecified atom stereocenters. The second-order valence-electron chi connectivity index (χ2n) is 7.56. The number of hydrogen-bond acceptors (Lipinski definition) is 7. The van der Waals surface area contributed by atoms with Crippen molar-refractivity contribution in [1.29, 1.82) is 5.26 Å². The number of rotatable bonds is 2. The average Bonchev–Trinajstić information content (AvgIpc) is 3.34. The van der Waals surface area contributed by atoms with Gasteiger partial charge in [-0.25, -0.2) is 4.79 Å². The van der Waals surface area contributed by atoms with Crippen LogP contribution < -0.4 is 15.1 Å². The van der Waals surface area contributed by atoms with Crippen LogP contribution in [0.3, 0.4) is 0 Å². The van der Waals surface area contributed by atoms with Crippen LogP contribution >= 0.6 is 11.3 Å². The highest BCUT2D eigenvalue weighted by Gasteiger charge is 2.51. The second kappa shape index (κ2) is 6.45. The monoisotopic (exact) mass is 429 g/mol. The summed E-state index contributed by atoms with van der Waals surface area (Å²) in [5.41, 5.74) is 3.39. The number of hydrogen-bond donors (Lipinski definition) is 0. The third kappa shape index (κ3) is 2.56. The van der Waals surface area contributed by atoms with Gasteiger partial charge < -0.3 is 18.6 Å². The first-order valence-electron chi connectivity index (χ1n) is 9.69. The minimum absolute atomic E-state index is 0.328. The number of benzene rings is 2. The fourth-order valence-corrected chi connectivity index (χ4v) is 5.12. The fraction of sp³-hybridized carbons (Fsp3) is 0.167. The Hall–Kier alpha value is -3.60. The number of methoxy groups -OCH3 is 1. The van der Waals surface area contributed by atoms with Crippen LogP contribution in [0.4, 0.5) is 0 Å². The van der Waals surface area contributed by atoms with Gasteiger partial charge in [0.2, 0.25) is 5.79 Å². The van der Waals surface area contributed by atoms with Crippen molar-refractivity contribution >= 4 is 22.3 Å². The fourth-order valence-electron chi connectivity index (χ4n) is 4.41. The molecule has 2 bridgehead atoms. The molecule has 4 heterocycles. The van der Waals surface area contributed by atoms with E-state index in [0.29, 0.717) is 40.0 Å². The molecule has 7 heteroatoms. The molecule has 6 rings (SSSR count). The number of fused-ring (bicyclic) bond motifs is 8. The third-order valence-corrected chi connectivity index (χ3v) is 6.56. The molecule has 0 saturated carbocycles. The van der Waals surface area contributed by atoms with Crippen molar-refractivity contribution in [2.75, 3.05) is 7.11 Å². The Balaban J connectivity index is 1.67. The Morgan fingerprint density at radius 1 is 1.23 bits per heavy atom. The van der Waals surface area contributed by atoms with E-state index in [1.807, 2.05) is 41.1 Å². The van der Waals surface area contributed by atoms with Crippen LogP contribution in [0.25, 0.3) is 11.0 Å². The quantitative estimate of drug-likeness (QED) is 0.432. The average molecular weight is 429 g/mol. The van der Waals surface area contributed by atoms with E-state index in [2.05, 4.69) is 6.07 Å². The summed E-state index contributed by atoms with van der Waals surface area (Å²) in [6.07, 6.45) is -0.245. The van der Waals surface area contributed by atoms with Crippen molar-refractivity contribution in [3.8, 4) is 17.6 Å². The molecule has 2 aliphatic heterocycles. The predicted octanol–water partition coefficient (Wildman–Crippen LogP) is 4.64. The molecule has 0 amide bonds. The number of nitrogens with zero attached hydrogens (tertiary/aromatic N) is 1. The Morgan fingerprint density at radius 2 is 2.13 bits per heavy atom. The summed E-state index contributed by atoms with van der Waals surface area (Å²) < 4.78 is 23.9. The molecule has 2 aromatic heterocycles. The molecule has 0 spiro atoms. The first kappa shape index (κ1) is 18.2. The zero-order valence-corrected chi connectivity index (χ0v) is 17.2. The van der Waals surface area contributed by atoms with Gasteiger partial charge in [0.15, 0.2) is 0 Å². The molecule has 0 radical (unpaired) electrons. The van der Waals surface area contributed by atoms with Crippen LogP contribution in [-0.4, -0.2) is 7.11 Å². The lowest BCUT2D eigenvalue weighted by molar-refractivity contribution is -0.237. The number of thiophene rings is 1. The van der Waals surface area contributed by atoms with Crippen LogP contribution in [-0.2, 0) is 16.9 Å². The van der Waals surface area contributed by atoms with Crippen molar-refractivity contribution < 1.29 is 18.6 Å². The van der Waals surface area contributed by atoms with Gasteiger partial charge in [-0.2, -0.15) is 16.6 Å². The molecule has 2 atom stereocenters. The molecular formula is C24H15NO5S. The smallest absolute Gasteiger partial charge is 0.346 e. The van der Waals surface area contributed by atoms with Gasteiger partial charge in [0, 0.05) is 23.4 Å². The normalized spacial score (nSPS) is 21.0. The van der Waals surface area contributed by atoms with E-state index in [9.17, 15) is 10.1 Å². The standard InChI is InChI=1S/C24H15NO5S/c1-27-16-3-5-18-19(9-16)28-23(26)20-21-17-4-2-13(11-25)8-14(17)10-24(29-21,30-22(18)20)15-6-7-31-12-15/h2-9,12,21H,10H2,1H3/t21-,24+/m0/s1. The lowest BCUT2D eigenvalue weighted by Gasteiger charge is -2.46. The molecule has 0 N–H and O–H groups in total. The highest BCUT2D eigenvalue weighted by atomic mass is 32.1. The van der Waals surface area contributed by atoms with Crippen molar-refractivity contribution in [1.82, 2.24) is 0 Å². The van der Waals surface area contributed by atoms with E-state index in [4.69, 9.17) is 18.6 Å². The Bertz CT molecular complexity index is 1450. The maximum absolute atomic E-state index is 13.1. The Labute approximate surface area is 180 Å². The first-order chi connectivity index (χ1) is 15.1. The minimum Gasteiger partial charge on any atom is -0.497 e. The van der Waals surface area contributed by atoms with Gasteiger partial charge >= 0.3 is 5.63 Å². The van der Waals surface area contributed by atoms with Crippen molar-refractivity contribution in [2.45, 2.75) is 18.3 Å². The lowest BCUT2D eigenvalue weighted by atomic mass is 9.84. The van der Waals surface area contributed by atoms with Gasteiger partial charge in [-0.1, -0.05) is 6.07 Å². The highest BCUT2D eigenvalue weighted by Crippen LogP contribution is 2.53. The SMILES string of the molecule is COc1ccc2c3c(c(=O)oc2c1)[C@H]1O[C@](c2ccsc2)(Cc2cc(C#N)ccc21)O3.